The molecule has 1 heterocycles. The fourth-order valence-electron chi connectivity index (χ4n) is 3.82. The fourth-order valence-corrected chi connectivity index (χ4v) is 3.82. The molecule has 0 aliphatic rings. The number of carbonyl (C=O) groups is 2. The summed E-state index contributed by atoms with van der Waals surface area (Å²) >= 11 is 0. The maximum absolute atomic E-state index is 13.2. The Morgan fingerprint density at radius 1 is 0.971 bits per heavy atom. The first-order chi connectivity index (χ1) is 16.4. The van der Waals surface area contributed by atoms with E-state index in [0.29, 0.717) is 31.1 Å². The highest BCUT2D eigenvalue weighted by atomic mass is 16.5. The van der Waals surface area contributed by atoms with Gasteiger partial charge in [0.05, 0.1) is 19.3 Å². The third-order valence-corrected chi connectivity index (χ3v) is 5.54. The van der Waals surface area contributed by atoms with Crippen molar-refractivity contribution in [3.63, 3.8) is 0 Å². The molecule has 3 aromatic rings. The average molecular weight is 466 g/mol. The molecule has 3 N–H and O–H groups in total. The molecule has 0 aliphatic carbocycles. The highest BCUT2D eigenvalue weighted by Crippen LogP contribution is 2.31. The van der Waals surface area contributed by atoms with E-state index in [1.807, 2.05) is 55.6 Å². The van der Waals surface area contributed by atoms with Crippen molar-refractivity contribution in [2.24, 2.45) is 0 Å². The van der Waals surface area contributed by atoms with Crippen LogP contribution < -0.4 is 20.1 Å². The number of rotatable bonds is 12. The number of benzene rings is 2. The number of ether oxygens (including phenoxy) is 2. The third kappa shape index (κ3) is 6.53. The van der Waals surface area contributed by atoms with E-state index in [1.165, 1.54) is 6.92 Å². The van der Waals surface area contributed by atoms with Gasteiger partial charge in [0.25, 0.3) is 0 Å². The summed E-state index contributed by atoms with van der Waals surface area (Å²) in [6.07, 6.45) is 4.07. The molecule has 2 aromatic carbocycles. The van der Waals surface area contributed by atoms with Crippen LogP contribution in [0.15, 0.2) is 48.7 Å². The number of H-pyrrole nitrogens is 1. The number of para-hydroxylation sites is 1. The third-order valence-electron chi connectivity index (χ3n) is 5.54. The number of aromatic amines is 1. The Kier molecular flexibility index (Phi) is 8.96. The molecule has 182 valence electrons. The Balaban J connectivity index is 1.75. The van der Waals surface area contributed by atoms with Crippen LogP contribution in [0, 0.1) is 0 Å². The van der Waals surface area contributed by atoms with Crippen LogP contribution in [0.4, 0.5) is 0 Å². The molecule has 0 bridgehead atoms. The van der Waals surface area contributed by atoms with Gasteiger partial charge in [-0.25, -0.2) is 0 Å². The SMILES string of the molecule is CCCOc1ccc(C(C)NC(=O)[C@H](Cc2c[nH]c3ccccc23)NC(C)=O)cc1OCCC. The van der Waals surface area contributed by atoms with Crippen molar-refractivity contribution >= 4 is 22.7 Å². The molecule has 3 rings (SSSR count). The van der Waals surface area contributed by atoms with E-state index in [4.69, 9.17) is 9.47 Å². The van der Waals surface area contributed by atoms with Crippen molar-refractivity contribution in [3.8, 4) is 11.5 Å². The highest BCUT2D eigenvalue weighted by Gasteiger charge is 2.23. The lowest BCUT2D eigenvalue weighted by Crippen LogP contribution is -2.47. The standard InChI is InChI=1S/C27H35N3O4/c1-5-13-33-25-12-11-20(16-26(25)34-14-6-2)18(3)29-27(32)24(30-19(4)31)15-21-17-28-23-10-8-7-9-22(21)23/h7-12,16-18,24,28H,5-6,13-15H2,1-4H3,(H,29,32)(H,30,31)/t18?,24-/m0/s1. The first-order valence-corrected chi connectivity index (χ1v) is 11.9. The second-order valence-corrected chi connectivity index (χ2v) is 8.45. The maximum atomic E-state index is 13.2. The van der Waals surface area contributed by atoms with Gasteiger partial charge in [0.15, 0.2) is 11.5 Å². The lowest BCUT2D eigenvalue weighted by atomic mass is 10.0. The zero-order chi connectivity index (χ0) is 24.5. The Bertz CT molecular complexity index is 1110. The van der Waals surface area contributed by atoms with E-state index in [1.54, 1.807) is 0 Å². The second kappa shape index (κ2) is 12.1. The fraction of sp³-hybridized carbons (Fsp3) is 0.407. The topological polar surface area (TPSA) is 92.5 Å². The first-order valence-electron chi connectivity index (χ1n) is 11.9. The van der Waals surface area contributed by atoms with Crippen molar-refractivity contribution in [3.05, 3.63) is 59.8 Å². The number of fused-ring (bicyclic) bond motifs is 1. The van der Waals surface area contributed by atoms with Crippen LogP contribution in [0.1, 0.15) is 57.7 Å². The molecule has 7 heteroatoms. The zero-order valence-corrected chi connectivity index (χ0v) is 20.4. The van der Waals surface area contributed by atoms with E-state index in [0.717, 1.165) is 34.9 Å². The summed E-state index contributed by atoms with van der Waals surface area (Å²) in [5, 5.41) is 6.89. The number of hydrogen-bond acceptors (Lipinski definition) is 4. The summed E-state index contributed by atoms with van der Waals surface area (Å²) in [5.41, 5.74) is 2.87. The molecule has 34 heavy (non-hydrogen) atoms. The van der Waals surface area contributed by atoms with Crippen LogP contribution in [0.3, 0.4) is 0 Å². The summed E-state index contributed by atoms with van der Waals surface area (Å²) in [6.45, 7) is 8.64. The molecule has 2 amide bonds. The van der Waals surface area contributed by atoms with Crippen molar-refractivity contribution in [2.45, 2.75) is 59.0 Å². The van der Waals surface area contributed by atoms with Gasteiger partial charge in [-0.1, -0.05) is 38.1 Å². The number of aromatic nitrogens is 1. The molecule has 0 aliphatic heterocycles. The summed E-state index contributed by atoms with van der Waals surface area (Å²) < 4.78 is 11.7. The lowest BCUT2D eigenvalue weighted by Gasteiger charge is -2.22. The predicted molar refractivity (Wildman–Crippen MR) is 134 cm³/mol. The number of carbonyl (C=O) groups excluding carboxylic acids is 2. The van der Waals surface area contributed by atoms with Crippen LogP contribution in [0.25, 0.3) is 10.9 Å². The minimum absolute atomic E-state index is 0.240. The van der Waals surface area contributed by atoms with E-state index >= 15 is 0 Å². The molecule has 0 spiro atoms. The van der Waals surface area contributed by atoms with E-state index in [9.17, 15) is 9.59 Å². The van der Waals surface area contributed by atoms with Crippen LogP contribution in [-0.4, -0.2) is 36.1 Å². The molecule has 2 atom stereocenters. The van der Waals surface area contributed by atoms with Gasteiger partial charge >= 0.3 is 0 Å². The largest absolute Gasteiger partial charge is 0.490 e. The Morgan fingerprint density at radius 3 is 2.38 bits per heavy atom. The van der Waals surface area contributed by atoms with Gasteiger partial charge in [-0.2, -0.15) is 0 Å². The minimum Gasteiger partial charge on any atom is -0.490 e. The summed E-state index contributed by atoms with van der Waals surface area (Å²) in [7, 11) is 0. The summed E-state index contributed by atoms with van der Waals surface area (Å²) in [4.78, 5) is 28.3. The van der Waals surface area contributed by atoms with Gasteiger partial charge in [-0.05, 0) is 49.1 Å². The summed E-state index contributed by atoms with van der Waals surface area (Å²) in [5.74, 6) is 0.884. The van der Waals surface area contributed by atoms with Crippen LogP contribution in [-0.2, 0) is 16.0 Å². The van der Waals surface area contributed by atoms with Crippen LogP contribution >= 0.6 is 0 Å². The Labute approximate surface area is 201 Å². The van der Waals surface area contributed by atoms with Gasteiger partial charge in [-0.15, -0.1) is 0 Å². The predicted octanol–water partition coefficient (Wildman–Crippen LogP) is 4.67. The van der Waals surface area contributed by atoms with Crippen LogP contribution in [0.5, 0.6) is 11.5 Å². The van der Waals surface area contributed by atoms with Gasteiger partial charge in [0.2, 0.25) is 11.8 Å². The van der Waals surface area contributed by atoms with Gasteiger partial charge in [0, 0.05) is 30.4 Å². The number of amides is 2. The Hall–Kier alpha value is -3.48. The van der Waals surface area contributed by atoms with Crippen molar-refractivity contribution < 1.29 is 19.1 Å². The quantitative estimate of drug-likeness (QED) is 0.362. The molecule has 0 saturated carbocycles. The van der Waals surface area contributed by atoms with Gasteiger partial charge in [-0.3, -0.25) is 9.59 Å². The average Bonchev–Trinajstić information content (AvgIpc) is 3.23. The first kappa shape index (κ1) is 25.1. The second-order valence-electron chi connectivity index (χ2n) is 8.45. The van der Waals surface area contributed by atoms with Crippen molar-refractivity contribution in [2.75, 3.05) is 13.2 Å². The maximum Gasteiger partial charge on any atom is 0.243 e. The lowest BCUT2D eigenvalue weighted by molar-refractivity contribution is -0.128. The smallest absolute Gasteiger partial charge is 0.243 e. The van der Waals surface area contributed by atoms with E-state index in [-0.39, 0.29) is 17.9 Å². The molecule has 0 radical (unpaired) electrons. The molecule has 1 unspecified atom stereocenters. The van der Waals surface area contributed by atoms with Gasteiger partial charge < -0.3 is 25.1 Å². The molecular weight excluding hydrogens is 430 g/mol. The van der Waals surface area contributed by atoms with Gasteiger partial charge in [0.1, 0.15) is 6.04 Å². The molecule has 1 aromatic heterocycles. The molecule has 0 fully saturated rings. The van der Waals surface area contributed by atoms with Crippen LogP contribution in [0.2, 0.25) is 0 Å². The van der Waals surface area contributed by atoms with E-state index < -0.39 is 6.04 Å². The monoisotopic (exact) mass is 465 g/mol. The van der Waals surface area contributed by atoms with Crippen molar-refractivity contribution in [1.82, 2.24) is 15.6 Å². The van der Waals surface area contributed by atoms with E-state index in [2.05, 4.69) is 29.5 Å². The molecular formula is C27H35N3O4. The normalized spacial score (nSPS) is 12.7. The summed E-state index contributed by atoms with van der Waals surface area (Å²) in [6, 6.07) is 12.7. The van der Waals surface area contributed by atoms with Crippen molar-refractivity contribution in [1.29, 1.82) is 0 Å². The minimum atomic E-state index is -0.692. The zero-order valence-electron chi connectivity index (χ0n) is 20.4. The number of hydrogen-bond donors (Lipinski definition) is 3. The molecule has 0 saturated heterocycles. The number of nitrogens with one attached hydrogen (secondary N) is 3. The highest BCUT2D eigenvalue weighted by molar-refractivity contribution is 5.89. The molecule has 7 nitrogen and oxygen atoms in total. The Morgan fingerprint density at radius 2 is 1.68 bits per heavy atom.